The third-order valence-electron chi connectivity index (χ3n) is 3.86. The molecule has 126 valence electrons. The molecule has 0 aliphatic carbocycles. The number of hydrogen-bond acceptors (Lipinski definition) is 4. The molecular weight excluding hydrogens is 294 g/mol. The molecule has 1 saturated heterocycles. The van der Waals surface area contributed by atoms with Gasteiger partial charge >= 0.3 is 0 Å². The van der Waals surface area contributed by atoms with Crippen LogP contribution in [0.2, 0.25) is 0 Å². The zero-order valence-corrected chi connectivity index (χ0v) is 13.9. The van der Waals surface area contributed by atoms with E-state index in [1.54, 1.807) is 24.3 Å². The molecule has 1 aliphatic heterocycles. The fourth-order valence-electron chi connectivity index (χ4n) is 2.26. The monoisotopic (exact) mass is 319 g/mol. The quantitative estimate of drug-likeness (QED) is 0.792. The van der Waals surface area contributed by atoms with Crippen LogP contribution in [0, 0.1) is 5.41 Å². The first-order chi connectivity index (χ1) is 10.8. The summed E-state index contributed by atoms with van der Waals surface area (Å²) in [4.78, 5) is 24.0. The van der Waals surface area contributed by atoms with Crippen molar-refractivity contribution >= 4 is 23.2 Å². The smallest absolute Gasteiger partial charge is 0.253 e. The average Bonchev–Trinajstić information content (AvgIpc) is 3.01. The van der Waals surface area contributed by atoms with Crippen molar-refractivity contribution in [1.29, 1.82) is 0 Å². The van der Waals surface area contributed by atoms with E-state index in [1.165, 1.54) is 0 Å². The van der Waals surface area contributed by atoms with Crippen LogP contribution in [0.5, 0.6) is 0 Å². The van der Waals surface area contributed by atoms with Crippen molar-refractivity contribution in [3.05, 3.63) is 24.3 Å². The summed E-state index contributed by atoms with van der Waals surface area (Å²) >= 11 is 0. The standard InChI is InChI=1S/C17H25N3O3/c1-17(2,3)14(18)16(22)20-12-8-6-11(7-9-12)19-15(21)13-5-4-10-23-13/h6-9,13-14H,4-5,10,18H2,1-3H3,(H,19,21)(H,20,22)/t13?,14-/m1/s1. The third-order valence-corrected chi connectivity index (χ3v) is 3.86. The molecule has 2 amide bonds. The summed E-state index contributed by atoms with van der Waals surface area (Å²) in [7, 11) is 0. The van der Waals surface area contributed by atoms with E-state index in [1.807, 2.05) is 20.8 Å². The molecule has 0 spiro atoms. The maximum Gasteiger partial charge on any atom is 0.253 e. The Balaban J connectivity index is 1.91. The van der Waals surface area contributed by atoms with E-state index < -0.39 is 6.04 Å². The highest BCUT2D eigenvalue weighted by Gasteiger charge is 2.27. The van der Waals surface area contributed by atoms with Gasteiger partial charge in [0.1, 0.15) is 6.10 Å². The molecule has 1 unspecified atom stereocenters. The molecule has 6 heteroatoms. The largest absolute Gasteiger partial charge is 0.368 e. The van der Waals surface area contributed by atoms with Crippen molar-refractivity contribution < 1.29 is 14.3 Å². The molecule has 1 aromatic carbocycles. The van der Waals surface area contributed by atoms with Crippen LogP contribution in [-0.2, 0) is 14.3 Å². The number of amides is 2. The lowest BCUT2D eigenvalue weighted by atomic mass is 9.87. The van der Waals surface area contributed by atoms with Crippen LogP contribution in [0.4, 0.5) is 11.4 Å². The van der Waals surface area contributed by atoms with Crippen LogP contribution in [0.1, 0.15) is 33.6 Å². The van der Waals surface area contributed by atoms with Gasteiger partial charge in [-0.3, -0.25) is 9.59 Å². The highest BCUT2D eigenvalue weighted by molar-refractivity contribution is 5.96. The molecule has 0 radical (unpaired) electrons. The number of hydrogen-bond donors (Lipinski definition) is 3. The van der Waals surface area contributed by atoms with E-state index in [2.05, 4.69) is 10.6 Å². The molecule has 2 atom stereocenters. The summed E-state index contributed by atoms with van der Waals surface area (Å²) in [6.07, 6.45) is 1.31. The average molecular weight is 319 g/mol. The van der Waals surface area contributed by atoms with E-state index in [-0.39, 0.29) is 23.3 Å². The van der Waals surface area contributed by atoms with E-state index in [4.69, 9.17) is 10.5 Å². The van der Waals surface area contributed by atoms with Gasteiger partial charge in [-0.15, -0.1) is 0 Å². The first-order valence-corrected chi connectivity index (χ1v) is 7.86. The first kappa shape index (κ1) is 17.4. The number of nitrogens with two attached hydrogens (primary N) is 1. The van der Waals surface area contributed by atoms with Gasteiger partial charge in [-0.25, -0.2) is 0 Å². The summed E-state index contributed by atoms with van der Waals surface area (Å²) in [6.45, 7) is 6.39. The fourth-order valence-corrected chi connectivity index (χ4v) is 2.26. The van der Waals surface area contributed by atoms with Crippen LogP contribution in [0.25, 0.3) is 0 Å². The summed E-state index contributed by atoms with van der Waals surface area (Å²) in [5.74, 6) is -0.359. The second-order valence-electron chi connectivity index (χ2n) is 6.90. The third kappa shape index (κ3) is 4.77. The molecule has 1 heterocycles. The molecule has 1 aliphatic rings. The van der Waals surface area contributed by atoms with Gasteiger partial charge < -0.3 is 21.1 Å². The van der Waals surface area contributed by atoms with Gasteiger partial charge in [-0.2, -0.15) is 0 Å². The minimum atomic E-state index is -0.596. The predicted octanol–water partition coefficient (Wildman–Crippen LogP) is 2.12. The summed E-state index contributed by atoms with van der Waals surface area (Å²) in [5.41, 5.74) is 6.93. The Labute approximate surface area is 136 Å². The molecule has 4 N–H and O–H groups in total. The van der Waals surface area contributed by atoms with E-state index >= 15 is 0 Å². The highest BCUT2D eigenvalue weighted by Crippen LogP contribution is 2.20. The Kier molecular flexibility index (Phi) is 5.38. The first-order valence-electron chi connectivity index (χ1n) is 7.86. The van der Waals surface area contributed by atoms with Gasteiger partial charge in [-0.05, 0) is 42.5 Å². The number of anilines is 2. The molecule has 6 nitrogen and oxygen atoms in total. The summed E-state index contributed by atoms with van der Waals surface area (Å²) < 4.78 is 5.34. The van der Waals surface area contributed by atoms with Gasteiger partial charge in [0, 0.05) is 18.0 Å². The van der Waals surface area contributed by atoms with Gasteiger partial charge in [0.25, 0.3) is 5.91 Å². The zero-order chi connectivity index (χ0) is 17.0. The summed E-state index contributed by atoms with van der Waals surface area (Å²) in [5, 5.41) is 5.59. The van der Waals surface area contributed by atoms with E-state index in [0.29, 0.717) is 18.0 Å². The maximum absolute atomic E-state index is 12.1. The Hall–Kier alpha value is -1.92. The van der Waals surface area contributed by atoms with Crippen molar-refractivity contribution in [2.24, 2.45) is 11.1 Å². The van der Waals surface area contributed by atoms with Crippen molar-refractivity contribution in [1.82, 2.24) is 0 Å². The van der Waals surface area contributed by atoms with Crippen LogP contribution >= 0.6 is 0 Å². The molecule has 0 saturated carbocycles. The van der Waals surface area contributed by atoms with Gasteiger partial charge in [0.15, 0.2) is 0 Å². The number of benzene rings is 1. The SMILES string of the molecule is CC(C)(C)[C@H](N)C(=O)Nc1ccc(NC(=O)C2CCCO2)cc1. The fraction of sp³-hybridized carbons (Fsp3) is 0.529. The topological polar surface area (TPSA) is 93.5 Å². The van der Waals surface area contributed by atoms with Crippen molar-refractivity contribution in [3.63, 3.8) is 0 Å². The van der Waals surface area contributed by atoms with Gasteiger partial charge in [0.05, 0.1) is 6.04 Å². The van der Waals surface area contributed by atoms with E-state index in [0.717, 1.165) is 12.8 Å². The van der Waals surface area contributed by atoms with Gasteiger partial charge in [0.2, 0.25) is 5.91 Å². The Morgan fingerprint density at radius 1 is 1.17 bits per heavy atom. The number of ether oxygens (including phenoxy) is 1. The number of nitrogens with one attached hydrogen (secondary N) is 2. The molecule has 23 heavy (non-hydrogen) atoms. The highest BCUT2D eigenvalue weighted by atomic mass is 16.5. The lowest BCUT2D eigenvalue weighted by molar-refractivity contribution is -0.124. The molecule has 0 bridgehead atoms. The van der Waals surface area contributed by atoms with Crippen LogP contribution in [0.3, 0.4) is 0 Å². The normalized spacial score (nSPS) is 19.2. The molecule has 2 rings (SSSR count). The van der Waals surface area contributed by atoms with Crippen molar-refractivity contribution in [2.75, 3.05) is 17.2 Å². The van der Waals surface area contributed by atoms with Crippen LogP contribution in [0.15, 0.2) is 24.3 Å². The minimum absolute atomic E-state index is 0.131. The maximum atomic E-state index is 12.1. The zero-order valence-electron chi connectivity index (χ0n) is 13.9. The predicted molar refractivity (Wildman–Crippen MR) is 90.1 cm³/mol. The van der Waals surface area contributed by atoms with Gasteiger partial charge in [-0.1, -0.05) is 20.8 Å². The Morgan fingerprint density at radius 2 is 1.74 bits per heavy atom. The molecule has 1 aromatic rings. The lowest BCUT2D eigenvalue weighted by Gasteiger charge is -2.25. The summed E-state index contributed by atoms with van der Waals surface area (Å²) in [6, 6.07) is 6.36. The minimum Gasteiger partial charge on any atom is -0.368 e. The molecular formula is C17H25N3O3. The van der Waals surface area contributed by atoms with Crippen LogP contribution in [-0.4, -0.2) is 30.6 Å². The number of carbonyl (C=O) groups is 2. The van der Waals surface area contributed by atoms with Crippen LogP contribution < -0.4 is 16.4 Å². The lowest BCUT2D eigenvalue weighted by Crippen LogP contribution is -2.45. The van der Waals surface area contributed by atoms with E-state index in [9.17, 15) is 9.59 Å². The van der Waals surface area contributed by atoms with Crippen molar-refractivity contribution in [3.8, 4) is 0 Å². The Morgan fingerprint density at radius 3 is 2.22 bits per heavy atom. The molecule has 0 aromatic heterocycles. The Bertz CT molecular complexity index is 557. The molecule has 1 fully saturated rings. The van der Waals surface area contributed by atoms with Crippen molar-refractivity contribution in [2.45, 2.75) is 45.8 Å². The second kappa shape index (κ2) is 7.10. The second-order valence-corrected chi connectivity index (χ2v) is 6.90. The number of rotatable bonds is 4. The number of carbonyl (C=O) groups excluding carboxylic acids is 2.